The number of allylic oxidation sites excluding steroid dienone is 3. The number of benzene rings is 3. The standard InChI is InChI=1S/C31H29NO4/c1-21-28(31(34)35-19-18-22-10-4-2-5-11-22)29(30-26(32-21)16-9-17-27(30)33)23-12-8-15-25(20-23)36-24-13-6-3-7-14-24/h2-8,10-15,20,29,32H,9,16-19H2,1H3/t29-/m0/s1. The Bertz CT molecular complexity index is 1320. The number of rotatable bonds is 7. The van der Waals surface area contributed by atoms with Gasteiger partial charge in [0.1, 0.15) is 11.5 Å². The average Bonchev–Trinajstić information content (AvgIpc) is 2.89. The Morgan fingerprint density at radius 3 is 2.42 bits per heavy atom. The molecule has 5 rings (SSSR count). The highest BCUT2D eigenvalue weighted by Gasteiger charge is 2.39. The minimum atomic E-state index is -0.502. The fourth-order valence-electron chi connectivity index (χ4n) is 4.95. The first-order valence-electron chi connectivity index (χ1n) is 12.4. The van der Waals surface area contributed by atoms with Crippen molar-refractivity contribution < 1.29 is 19.1 Å². The zero-order valence-corrected chi connectivity index (χ0v) is 20.3. The molecule has 1 N–H and O–H groups in total. The summed E-state index contributed by atoms with van der Waals surface area (Å²) in [5, 5.41) is 3.35. The molecule has 0 aromatic heterocycles. The largest absolute Gasteiger partial charge is 0.462 e. The molecule has 182 valence electrons. The van der Waals surface area contributed by atoms with E-state index in [0.29, 0.717) is 29.7 Å². The van der Waals surface area contributed by atoms with Crippen molar-refractivity contribution in [3.63, 3.8) is 0 Å². The van der Waals surface area contributed by atoms with Crippen LogP contribution in [0.1, 0.15) is 43.2 Å². The van der Waals surface area contributed by atoms with Crippen molar-refractivity contribution in [3.8, 4) is 11.5 Å². The molecule has 36 heavy (non-hydrogen) atoms. The molecule has 3 aromatic carbocycles. The van der Waals surface area contributed by atoms with E-state index in [9.17, 15) is 9.59 Å². The number of dihydropyridines is 1. The Hall–Kier alpha value is -4.12. The molecule has 0 bridgehead atoms. The average molecular weight is 480 g/mol. The van der Waals surface area contributed by atoms with Gasteiger partial charge >= 0.3 is 5.97 Å². The molecule has 1 aliphatic heterocycles. The summed E-state index contributed by atoms with van der Waals surface area (Å²) in [5.74, 6) is 0.543. The number of nitrogens with one attached hydrogen (secondary N) is 1. The van der Waals surface area contributed by atoms with Crippen LogP contribution >= 0.6 is 0 Å². The van der Waals surface area contributed by atoms with E-state index in [1.54, 1.807) is 0 Å². The van der Waals surface area contributed by atoms with E-state index in [0.717, 1.165) is 41.1 Å². The van der Waals surface area contributed by atoms with E-state index in [-0.39, 0.29) is 12.4 Å². The molecule has 0 fully saturated rings. The smallest absolute Gasteiger partial charge is 0.336 e. The molecule has 3 aromatic rings. The number of carbonyl (C=O) groups is 2. The number of hydrogen-bond donors (Lipinski definition) is 1. The fourth-order valence-corrected chi connectivity index (χ4v) is 4.95. The van der Waals surface area contributed by atoms with Gasteiger partial charge in [0.05, 0.1) is 12.2 Å². The van der Waals surface area contributed by atoms with Crippen LogP contribution in [0.25, 0.3) is 0 Å². The monoisotopic (exact) mass is 479 g/mol. The second-order valence-corrected chi connectivity index (χ2v) is 9.12. The Kier molecular flexibility index (Phi) is 6.99. The first kappa shape index (κ1) is 23.6. The Morgan fingerprint density at radius 2 is 1.64 bits per heavy atom. The maximum absolute atomic E-state index is 13.5. The molecule has 0 saturated carbocycles. The van der Waals surface area contributed by atoms with E-state index in [1.165, 1.54) is 0 Å². The fraction of sp³-hybridized carbons (Fsp3) is 0.226. The van der Waals surface area contributed by atoms with Crippen molar-refractivity contribution in [2.24, 2.45) is 0 Å². The first-order chi connectivity index (χ1) is 17.6. The summed E-state index contributed by atoms with van der Waals surface area (Å²) in [6, 6.07) is 27.1. The first-order valence-corrected chi connectivity index (χ1v) is 12.4. The summed E-state index contributed by atoms with van der Waals surface area (Å²) in [5.41, 5.74) is 4.72. The summed E-state index contributed by atoms with van der Waals surface area (Å²) in [6.07, 6.45) is 2.70. The van der Waals surface area contributed by atoms with Gasteiger partial charge in [0.2, 0.25) is 0 Å². The number of para-hydroxylation sites is 1. The van der Waals surface area contributed by atoms with Gasteiger partial charge in [-0.15, -0.1) is 0 Å². The molecule has 0 amide bonds. The molecule has 1 aliphatic carbocycles. The highest BCUT2D eigenvalue weighted by atomic mass is 16.5. The van der Waals surface area contributed by atoms with Crippen LogP contribution in [0.2, 0.25) is 0 Å². The lowest BCUT2D eigenvalue weighted by molar-refractivity contribution is -0.139. The van der Waals surface area contributed by atoms with Gasteiger partial charge in [0.15, 0.2) is 5.78 Å². The number of esters is 1. The van der Waals surface area contributed by atoms with Gasteiger partial charge in [-0.2, -0.15) is 0 Å². The molecular weight excluding hydrogens is 450 g/mol. The van der Waals surface area contributed by atoms with E-state index in [2.05, 4.69) is 5.32 Å². The Balaban J connectivity index is 1.45. The van der Waals surface area contributed by atoms with Crippen molar-refractivity contribution in [2.45, 2.75) is 38.5 Å². The maximum Gasteiger partial charge on any atom is 0.336 e. The predicted molar refractivity (Wildman–Crippen MR) is 139 cm³/mol. The minimum absolute atomic E-state index is 0.0743. The number of hydrogen-bond acceptors (Lipinski definition) is 5. The lowest BCUT2D eigenvalue weighted by Gasteiger charge is -2.34. The third-order valence-electron chi connectivity index (χ3n) is 6.63. The molecule has 0 radical (unpaired) electrons. The summed E-state index contributed by atoms with van der Waals surface area (Å²) in [7, 11) is 0. The molecule has 1 atom stereocenters. The van der Waals surface area contributed by atoms with Crippen LogP contribution in [0.15, 0.2) is 107 Å². The number of Topliss-reactive ketones (excluding diaryl/α,β-unsaturated/α-hetero) is 1. The Morgan fingerprint density at radius 1 is 0.917 bits per heavy atom. The van der Waals surface area contributed by atoms with Crippen LogP contribution in [0.3, 0.4) is 0 Å². The minimum Gasteiger partial charge on any atom is -0.462 e. The molecule has 2 aliphatic rings. The van der Waals surface area contributed by atoms with E-state index in [1.807, 2.05) is 91.9 Å². The predicted octanol–water partition coefficient (Wildman–Crippen LogP) is 6.23. The van der Waals surface area contributed by atoms with Crippen molar-refractivity contribution >= 4 is 11.8 Å². The van der Waals surface area contributed by atoms with Gasteiger partial charge in [-0.25, -0.2) is 4.79 Å². The highest BCUT2D eigenvalue weighted by Crippen LogP contribution is 2.43. The summed E-state index contributed by atoms with van der Waals surface area (Å²) in [6.45, 7) is 2.15. The maximum atomic E-state index is 13.5. The van der Waals surface area contributed by atoms with Gasteiger partial charge in [0.25, 0.3) is 0 Å². The van der Waals surface area contributed by atoms with Gasteiger partial charge in [-0.05, 0) is 55.2 Å². The lowest BCUT2D eigenvalue weighted by Crippen LogP contribution is -2.34. The van der Waals surface area contributed by atoms with Crippen LogP contribution in [0, 0.1) is 0 Å². The normalized spacial score (nSPS) is 17.4. The summed E-state index contributed by atoms with van der Waals surface area (Å²) in [4.78, 5) is 26.6. The van der Waals surface area contributed by atoms with Crippen molar-refractivity contribution in [1.29, 1.82) is 0 Å². The van der Waals surface area contributed by atoms with Crippen molar-refractivity contribution in [1.82, 2.24) is 5.32 Å². The highest BCUT2D eigenvalue weighted by molar-refractivity contribution is 6.03. The van der Waals surface area contributed by atoms with Gasteiger partial charge in [-0.1, -0.05) is 60.7 Å². The quantitative estimate of drug-likeness (QED) is 0.407. The second kappa shape index (κ2) is 10.6. The molecule has 5 nitrogen and oxygen atoms in total. The second-order valence-electron chi connectivity index (χ2n) is 9.12. The Labute approximate surface area is 211 Å². The molecule has 1 heterocycles. The van der Waals surface area contributed by atoms with E-state index in [4.69, 9.17) is 9.47 Å². The molecule has 5 heteroatoms. The molecule has 0 saturated heterocycles. The lowest BCUT2D eigenvalue weighted by atomic mass is 9.75. The molecule has 0 spiro atoms. The third-order valence-corrected chi connectivity index (χ3v) is 6.63. The van der Waals surface area contributed by atoms with Crippen LogP contribution in [-0.2, 0) is 20.7 Å². The van der Waals surface area contributed by atoms with Crippen molar-refractivity contribution in [2.75, 3.05) is 6.61 Å². The van der Waals surface area contributed by atoms with Gasteiger partial charge in [-0.3, -0.25) is 4.79 Å². The molecular formula is C31H29NO4. The zero-order valence-electron chi connectivity index (χ0n) is 20.3. The topological polar surface area (TPSA) is 64.6 Å². The molecule has 0 unspecified atom stereocenters. The van der Waals surface area contributed by atoms with Crippen LogP contribution < -0.4 is 10.1 Å². The summed E-state index contributed by atoms with van der Waals surface area (Å²) >= 11 is 0. The number of carbonyl (C=O) groups excluding carboxylic acids is 2. The van der Waals surface area contributed by atoms with E-state index < -0.39 is 11.9 Å². The van der Waals surface area contributed by atoms with Crippen LogP contribution in [0.4, 0.5) is 0 Å². The van der Waals surface area contributed by atoms with Gasteiger partial charge < -0.3 is 14.8 Å². The zero-order chi connectivity index (χ0) is 24.9. The SMILES string of the molecule is CC1=C(C(=O)OCCc2ccccc2)[C@H](c2cccc(Oc3ccccc3)c2)C2=C(CCCC2=O)N1. The van der Waals surface area contributed by atoms with Crippen LogP contribution in [0.5, 0.6) is 11.5 Å². The number of ketones is 1. The summed E-state index contributed by atoms with van der Waals surface area (Å²) < 4.78 is 11.8. The van der Waals surface area contributed by atoms with Crippen molar-refractivity contribution in [3.05, 3.63) is 119 Å². The van der Waals surface area contributed by atoms with Gasteiger partial charge in [0, 0.05) is 35.7 Å². The van der Waals surface area contributed by atoms with Crippen LogP contribution in [-0.4, -0.2) is 18.4 Å². The number of ether oxygens (including phenoxy) is 2. The van der Waals surface area contributed by atoms with E-state index >= 15 is 0 Å². The third kappa shape index (κ3) is 5.10.